The molecule has 0 saturated carbocycles. The van der Waals surface area contributed by atoms with E-state index in [0.29, 0.717) is 25.9 Å². The minimum atomic E-state index is -0.663. The summed E-state index contributed by atoms with van der Waals surface area (Å²) in [5.41, 5.74) is 0. The van der Waals surface area contributed by atoms with E-state index >= 15 is 0 Å². The van der Waals surface area contributed by atoms with Crippen molar-refractivity contribution in [1.29, 1.82) is 0 Å². The highest BCUT2D eigenvalue weighted by molar-refractivity contribution is 5.76. The molecule has 3 N–H and O–H groups in total. The molecule has 0 aliphatic carbocycles. The van der Waals surface area contributed by atoms with Crippen LogP contribution in [0.15, 0.2) is 0 Å². The zero-order valence-corrected chi connectivity index (χ0v) is 56.3. The smallest absolute Gasteiger partial charge is 0.305 e. The fourth-order valence-corrected chi connectivity index (χ4v) is 12.6. The van der Waals surface area contributed by atoms with Crippen LogP contribution >= 0.6 is 0 Å². The third-order valence-corrected chi connectivity index (χ3v) is 18.4. The van der Waals surface area contributed by atoms with E-state index in [0.717, 1.165) is 38.5 Å². The highest BCUT2D eigenvalue weighted by atomic mass is 16.5. The van der Waals surface area contributed by atoms with Gasteiger partial charge in [0.15, 0.2) is 0 Å². The summed E-state index contributed by atoms with van der Waals surface area (Å²) in [5, 5.41) is 23.5. The van der Waals surface area contributed by atoms with Gasteiger partial charge in [-0.05, 0) is 25.7 Å². The fraction of sp³-hybridized carbons (Fsp3) is 0.974. The molecular formula is C76H151NO5. The van der Waals surface area contributed by atoms with E-state index in [1.54, 1.807) is 0 Å². The van der Waals surface area contributed by atoms with Crippen LogP contribution in [0.4, 0.5) is 0 Å². The number of hydrogen-bond donors (Lipinski definition) is 3. The Hall–Kier alpha value is -1.14. The van der Waals surface area contributed by atoms with Crippen molar-refractivity contribution >= 4 is 11.9 Å². The minimum Gasteiger partial charge on any atom is -0.466 e. The van der Waals surface area contributed by atoms with Crippen LogP contribution in [0.5, 0.6) is 0 Å². The SMILES string of the molecule is CCCCCCCCCCCCCCCCCCCCCCCCC(O)C(CO)NC(=O)CCCCCCCCCCCCCCCCCCCCCCCCCCCCCOC(=O)CCCCCCCCCCCCCCCCCC. The van der Waals surface area contributed by atoms with Crippen molar-refractivity contribution in [2.75, 3.05) is 13.2 Å². The number of amides is 1. The molecule has 0 aliphatic rings. The summed E-state index contributed by atoms with van der Waals surface area (Å²) in [5.74, 6) is -0.00294. The molecule has 0 spiro atoms. The Morgan fingerprint density at radius 1 is 0.293 bits per heavy atom. The molecule has 0 radical (unpaired) electrons. The van der Waals surface area contributed by atoms with Crippen LogP contribution in [0.1, 0.15) is 450 Å². The van der Waals surface area contributed by atoms with E-state index in [9.17, 15) is 19.8 Å². The maximum atomic E-state index is 12.6. The lowest BCUT2D eigenvalue weighted by Crippen LogP contribution is -2.45. The van der Waals surface area contributed by atoms with Gasteiger partial charge in [-0.15, -0.1) is 0 Å². The van der Waals surface area contributed by atoms with Crippen LogP contribution in [0.3, 0.4) is 0 Å². The maximum Gasteiger partial charge on any atom is 0.305 e. The van der Waals surface area contributed by atoms with E-state index in [-0.39, 0.29) is 18.5 Å². The number of hydrogen-bond acceptors (Lipinski definition) is 5. The second-order valence-corrected chi connectivity index (χ2v) is 26.7. The van der Waals surface area contributed by atoms with Gasteiger partial charge >= 0.3 is 5.97 Å². The first-order valence-corrected chi connectivity index (χ1v) is 38.3. The van der Waals surface area contributed by atoms with Gasteiger partial charge in [0.25, 0.3) is 0 Å². The van der Waals surface area contributed by atoms with Gasteiger partial charge in [0.1, 0.15) is 0 Å². The van der Waals surface area contributed by atoms with Crippen LogP contribution in [0, 0.1) is 0 Å². The average Bonchev–Trinajstić information content (AvgIpc) is 3.48. The van der Waals surface area contributed by atoms with Crippen LogP contribution in [0.2, 0.25) is 0 Å². The molecule has 6 nitrogen and oxygen atoms in total. The maximum absolute atomic E-state index is 12.6. The third kappa shape index (κ3) is 68.0. The van der Waals surface area contributed by atoms with Crippen LogP contribution in [0.25, 0.3) is 0 Å². The third-order valence-electron chi connectivity index (χ3n) is 18.4. The van der Waals surface area contributed by atoms with Crippen molar-refractivity contribution in [1.82, 2.24) is 5.32 Å². The molecule has 0 aromatic rings. The zero-order valence-electron chi connectivity index (χ0n) is 56.3. The molecule has 82 heavy (non-hydrogen) atoms. The minimum absolute atomic E-state index is 0.0232. The number of esters is 1. The monoisotopic (exact) mass is 1160 g/mol. The van der Waals surface area contributed by atoms with Crippen LogP contribution < -0.4 is 5.32 Å². The van der Waals surface area contributed by atoms with Crippen molar-refractivity contribution in [3.8, 4) is 0 Å². The highest BCUT2D eigenvalue weighted by Gasteiger charge is 2.20. The predicted octanol–water partition coefficient (Wildman–Crippen LogP) is 24.9. The van der Waals surface area contributed by atoms with Crippen LogP contribution in [-0.4, -0.2) is 47.4 Å². The van der Waals surface area contributed by atoms with Gasteiger partial charge in [0.2, 0.25) is 5.91 Å². The van der Waals surface area contributed by atoms with Gasteiger partial charge in [-0.2, -0.15) is 0 Å². The summed E-state index contributed by atoms with van der Waals surface area (Å²) in [4.78, 5) is 24.7. The molecule has 2 atom stereocenters. The second kappa shape index (κ2) is 72.3. The topological polar surface area (TPSA) is 95.9 Å². The number of carbonyl (C=O) groups excluding carboxylic acids is 2. The lowest BCUT2D eigenvalue weighted by Gasteiger charge is -2.22. The number of nitrogens with one attached hydrogen (secondary N) is 1. The number of aliphatic hydroxyl groups is 2. The van der Waals surface area contributed by atoms with E-state index < -0.39 is 12.1 Å². The highest BCUT2D eigenvalue weighted by Crippen LogP contribution is 2.20. The Kier molecular flexibility index (Phi) is 71.3. The number of unbranched alkanes of at least 4 members (excludes halogenated alkanes) is 62. The summed E-state index contributed by atoms with van der Waals surface area (Å²) in [6, 6.07) is -0.539. The molecule has 0 aromatic carbocycles. The molecule has 2 unspecified atom stereocenters. The number of ether oxygens (including phenoxy) is 1. The summed E-state index contributed by atoms with van der Waals surface area (Å²) in [7, 11) is 0. The number of rotatable bonds is 73. The summed E-state index contributed by atoms with van der Waals surface area (Å²) < 4.78 is 5.51. The van der Waals surface area contributed by atoms with Gasteiger partial charge in [0.05, 0.1) is 25.4 Å². The Morgan fingerprint density at radius 2 is 0.500 bits per heavy atom. The summed E-state index contributed by atoms with van der Waals surface area (Å²) >= 11 is 0. The van der Waals surface area contributed by atoms with Crippen molar-refractivity contribution in [2.24, 2.45) is 0 Å². The standard InChI is InChI=1S/C76H151NO5/c1-3-5-7-9-11-13-15-17-19-21-22-23-31-34-37-40-44-48-52-56-60-64-68-74(79)73(72-78)77-75(80)69-65-61-57-53-49-45-41-38-35-32-29-27-25-24-26-28-30-33-36-39-43-47-51-55-59-63-67-71-82-76(81)70-66-62-58-54-50-46-42-20-18-16-14-12-10-8-6-4-2/h73-74,78-79H,3-72H2,1-2H3,(H,77,80). The van der Waals surface area contributed by atoms with Gasteiger partial charge < -0.3 is 20.3 Å². The Morgan fingerprint density at radius 3 is 0.744 bits per heavy atom. The first-order chi connectivity index (χ1) is 40.5. The summed E-state index contributed by atoms with van der Waals surface area (Å²) in [6.07, 6.45) is 88.9. The van der Waals surface area contributed by atoms with E-state index in [1.807, 2.05) is 0 Å². The van der Waals surface area contributed by atoms with Gasteiger partial charge in [-0.1, -0.05) is 412 Å². The van der Waals surface area contributed by atoms with Gasteiger partial charge in [0, 0.05) is 12.8 Å². The molecule has 0 bridgehead atoms. The molecule has 0 rings (SSSR count). The second-order valence-electron chi connectivity index (χ2n) is 26.7. The van der Waals surface area contributed by atoms with Crippen molar-refractivity contribution in [3.05, 3.63) is 0 Å². The first kappa shape index (κ1) is 80.9. The quantitative estimate of drug-likeness (QED) is 0.0417. The lowest BCUT2D eigenvalue weighted by molar-refractivity contribution is -0.143. The van der Waals surface area contributed by atoms with Gasteiger partial charge in [-0.3, -0.25) is 9.59 Å². The molecule has 0 saturated heterocycles. The fourth-order valence-electron chi connectivity index (χ4n) is 12.6. The molecule has 0 aromatic heterocycles. The normalized spacial score (nSPS) is 12.4. The molecule has 490 valence electrons. The van der Waals surface area contributed by atoms with Crippen molar-refractivity contribution in [2.45, 2.75) is 463 Å². The Bertz CT molecular complexity index is 1200. The predicted molar refractivity (Wildman–Crippen MR) is 361 cm³/mol. The average molecular weight is 1160 g/mol. The van der Waals surface area contributed by atoms with Crippen LogP contribution in [-0.2, 0) is 14.3 Å². The lowest BCUT2D eigenvalue weighted by atomic mass is 10.0. The molecular weight excluding hydrogens is 1010 g/mol. The number of aliphatic hydroxyl groups excluding tert-OH is 2. The first-order valence-electron chi connectivity index (χ1n) is 38.3. The van der Waals surface area contributed by atoms with Gasteiger partial charge in [-0.25, -0.2) is 0 Å². The molecule has 0 heterocycles. The molecule has 6 heteroatoms. The van der Waals surface area contributed by atoms with E-state index in [4.69, 9.17) is 4.74 Å². The van der Waals surface area contributed by atoms with E-state index in [1.165, 1.54) is 379 Å². The number of carbonyl (C=O) groups is 2. The summed E-state index contributed by atoms with van der Waals surface area (Å²) in [6.45, 7) is 5.02. The van der Waals surface area contributed by atoms with Crippen molar-refractivity contribution in [3.63, 3.8) is 0 Å². The molecule has 1 amide bonds. The van der Waals surface area contributed by atoms with E-state index in [2.05, 4.69) is 19.2 Å². The largest absolute Gasteiger partial charge is 0.466 e. The zero-order chi connectivity index (χ0) is 59.2. The molecule has 0 fully saturated rings. The Labute approximate surface area is 515 Å². The molecule has 0 aliphatic heterocycles. The Balaban J connectivity index is 3.33. The van der Waals surface area contributed by atoms with Crippen molar-refractivity contribution < 1.29 is 24.5 Å².